The van der Waals surface area contributed by atoms with Gasteiger partial charge in [-0.05, 0) is 30.6 Å². The highest BCUT2D eigenvalue weighted by atomic mass is 15.2. The molecule has 0 aromatic rings. The predicted molar refractivity (Wildman–Crippen MR) is 85.5 cm³/mol. The maximum absolute atomic E-state index is 3.79. The molecule has 0 aliphatic carbocycles. The molecule has 0 aromatic heterocycles. The first-order valence-electron chi connectivity index (χ1n) is 8.39. The molecule has 0 saturated carbocycles. The van der Waals surface area contributed by atoms with E-state index in [1.165, 1.54) is 38.9 Å². The first-order chi connectivity index (χ1) is 8.92. The summed E-state index contributed by atoms with van der Waals surface area (Å²) in [6, 6.07) is 1.45. The van der Waals surface area contributed by atoms with Crippen LogP contribution in [0.25, 0.3) is 0 Å². The predicted octanol–water partition coefficient (Wildman–Crippen LogP) is 3.77. The Morgan fingerprint density at radius 1 is 1.05 bits per heavy atom. The second-order valence-electron chi connectivity index (χ2n) is 7.49. The van der Waals surface area contributed by atoms with Crippen molar-refractivity contribution in [1.29, 1.82) is 0 Å². The average molecular weight is 268 g/mol. The van der Waals surface area contributed by atoms with Crippen LogP contribution in [0.15, 0.2) is 0 Å². The van der Waals surface area contributed by atoms with E-state index < -0.39 is 0 Å². The van der Waals surface area contributed by atoms with E-state index in [1.54, 1.807) is 0 Å². The lowest BCUT2D eigenvalue weighted by Crippen LogP contribution is -2.57. The van der Waals surface area contributed by atoms with Gasteiger partial charge in [-0.3, -0.25) is 4.90 Å². The molecule has 114 valence electrons. The molecule has 2 nitrogen and oxygen atoms in total. The SMILES string of the molecule is CCC(C)CN1CC(CC(C)C)NCC1CC(C)C. The van der Waals surface area contributed by atoms with Crippen LogP contribution in [0.5, 0.6) is 0 Å². The van der Waals surface area contributed by atoms with Crippen molar-refractivity contribution in [3.63, 3.8) is 0 Å². The molecular weight excluding hydrogens is 232 g/mol. The molecule has 0 bridgehead atoms. The summed E-state index contributed by atoms with van der Waals surface area (Å²) in [7, 11) is 0. The molecule has 1 N–H and O–H groups in total. The molecule has 1 aliphatic rings. The zero-order valence-corrected chi connectivity index (χ0v) is 14.1. The minimum absolute atomic E-state index is 0.701. The maximum atomic E-state index is 3.79. The zero-order chi connectivity index (χ0) is 14.4. The molecular formula is C17H36N2. The summed E-state index contributed by atoms with van der Waals surface area (Å²) in [6.07, 6.45) is 3.94. The van der Waals surface area contributed by atoms with Crippen LogP contribution in [0.2, 0.25) is 0 Å². The summed E-state index contributed by atoms with van der Waals surface area (Å²) in [4.78, 5) is 2.78. The van der Waals surface area contributed by atoms with Crippen molar-refractivity contribution in [3.05, 3.63) is 0 Å². The van der Waals surface area contributed by atoms with E-state index in [0.29, 0.717) is 6.04 Å². The molecule has 0 amide bonds. The van der Waals surface area contributed by atoms with Crippen LogP contribution in [-0.2, 0) is 0 Å². The fourth-order valence-electron chi connectivity index (χ4n) is 3.19. The fourth-order valence-corrected chi connectivity index (χ4v) is 3.19. The Hall–Kier alpha value is -0.0800. The molecule has 0 radical (unpaired) electrons. The molecule has 2 heteroatoms. The summed E-state index contributed by atoms with van der Waals surface area (Å²) >= 11 is 0. The van der Waals surface area contributed by atoms with Crippen LogP contribution in [0, 0.1) is 17.8 Å². The first-order valence-corrected chi connectivity index (χ1v) is 8.39. The largest absolute Gasteiger partial charge is 0.311 e. The molecule has 1 saturated heterocycles. The van der Waals surface area contributed by atoms with Gasteiger partial charge in [0.25, 0.3) is 0 Å². The highest BCUT2D eigenvalue weighted by Gasteiger charge is 2.29. The Morgan fingerprint density at radius 3 is 2.21 bits per heavy atom. The van der Waals surface area contributed by atoms with Gasteiger partial charge in [-0.1, -0.05) is 48.0 Å². The minimum Gasteiger partial charge on any atom is -0.311 e. The van der Waals surface area contributed by atoms with Crippen molar-refractivity contribution in [3.8, 4) is 0 Å². The van der Waals surface area contributed by atoms with Crippen molar-refractivity contribution < 1.29 is 0 Å². The normalized spacial score (nSPS) is 27.2. The smallest absolute Gasteiger partial charge is 0.0223 e. The van der Waals surface area contributed by atoms with Gasteiger partial charge in [0.2, 0.25) is 0 Å². The van der Waals surface area contributed by atoms with E-state index in [0.717, 1.165) is 23.8 Å². The number of nitrogens with zero attached hydrogens (tertiary/aromatic N) is 1. The van der Waals surface area contributed by atoms with E-state index in [4.69, 9.17) is 0 Å². The molecule has 1 fully saturated rings. The molecule has 19 heavy (non-hydrogen) atoms. The van der Waals surface area contributed by atoms with Crippen molar-refractivity contribution >= 4 is 0 Å². The summed E-state index contributed by atoms with van der Waals surface area (Å²) in [6.45, 7) is 17.8. The molecule has 1 heterocycles. The Balaban J connectivity index is 2.57. The van der Waals surface area contributed by atoms with Gasteiger partial charge in [0, 0.05) is 31.7 Å². The minimum atomic E-state index is 0.701. The number of hydrogen-bond acceptors (Lipinski definition) is 2. The molecule has 0 aromatic carbocycles. The summed E-state index contributed by atoms with van der Waals surface area (Å²) in [5, 5.41) is 3.79. The van der Waals surface area contributed by atoms with E-state index in [2.05, 4.69) is 51.8 Å². The van der Waals surface area contributed by atoms with Gasteiger partial charge in [-0.2, -0.15) is 0 Å². The number of nitrogens with one attached hydrogen (secondary N) is 1. The third kappa shape index (κ3) is 6.27. The van der Waals surface area contributed by atoms with E-state index in [9.17, 15) is 0 Å². The zero-order valence-electron chi connectivity index (χ0n) is 14.1. The van der Waals surface area contributed by atoms with Crippen LogP contribution in [-0.4, -0.2) is 36.6 Å². The molecule has 3 unspecified atom stereocenters. The fraction of sp³-hybridized carbons (Fsp3) is 1.00. The Bertz CT molecular complexity index is 237. The molecule has 3 atom stereocenters. The highest BCUT2D eigenvalue weighted by Crippen LogP contribution is 2.20. The standard InChI is InChI=1S/C17H36N2/c1-7-15(6)11-19-12-16(8-13(2)3)18-10-17(19)9-14(4)5/h13-18H,7-12H2,1-6H3. The Morgan fingerprint density at radius 2 is 1.68 bits per heavy atom. The summed E-state index contributed by atoms with van der Waals surface area (Å²) in [5.74, 6) is 2.42. The van der Waals surface area contributed by atoms with Crippen LogP contribution < -0.4 is 5.32 Å². The number of hydrogen-bond donors (Lipinski definition) is 1. The summed E-state index contributed by atoms with van der Waals surface area (Å²) in [5.41, 5.74) is 0. The topological polar surface area (TPSA) is 15.3 Å². The first kappa shape index (κ1) is 17.0. The Labute approximate surface area is 121 Å². The van der Waals surface area contributed by atoms with Crippen molar-refractivity contribution in [2.75, 3.05) is 19.6 Å². The second-order valence-corrected chi connectivity index (χ2v) is 7.49. The van der Waals surface area contributed by atoms with Gasteiger partial charge < -0.3 is 5.32 Å². The van der Waals surface area contributed by atoms with E-state index in [1.807, 2.05) is 0 Å². The van der Waals surface area contributed by atoms with Gasteiger partial charge in [0.05, 0.1) is 0 Å². The maximum Gasteiger partial charge on any atom is 0.0223 e. The second kappa shape index (κ2) is 8.26. The van der Waals surface area contributed by atoms with Crippen molar-refractivity contribution in [2.24, 2.45) is 17.8 Å². The molecule has 0 spiro atoms. The van der Waals surface area contributed by atoms with Crippen molar-refractivity contribution in [2.45, 2.75) is 72.9 Å². The number of piperazine rings is 1. The quantitative estimate of drug-likeness (QED) is 0.756. The van der Waals surface area contributed by atoms with Gasteiger partial charge in [0.1, 0.15) is 0 Å². The van der Waals surface area contributed by atoms with E-state index in [-0.39, 0.29) is 0 Å². The van der Waals surface area contributed by atoms with Gasteiger partial charge in [0.15, 0.2) is 0 Å². The van der Waals surface area contributed by atoms with Crippen LogP contribution in [0.4, 0.5) is 0 Å². The molecule has 1 aliphatic heterocycles. The lowest BCUT2D eigenvalue weighted by Gasteiger charge is -2.42. The van der Waals surface area contributed by atoms with E-state index >= 15 is 0 Å². The lowest BCUT2D eigenvalue weighted by molar-refractivity contribution is 0.0916. The lowest BCUT2D eigenvalue weighted by atomic mass is 9.94. The van der Waals surface area contributed by atoms with Crippen LogP contribution in [0.1, 0.15) is 60.8 Å². The van der Waals surface area contributed by atoms with Gasteiger partial charge in [-0.15, -0.1) is 0 Å². The van der Waals surface area contributed by atoms with Gasteiger partial charge in [-0.25, -0.2) is 0 Å². The van der Waals surface area contributed by atoms with Gasteiger partial charge >= 0.3 is 0 Å². The highest BCUT2D eigenvalue weighted by molar-refractivity contribution is 4.87. The monoisotopic (exact) mass is 268 g/mol. The number of rotatable bonds is 7. The molecule has 1 rings (SSSR count). The van der Waals surface area contributed by atoms with Crippen molar-refractivity contribution in [1.82, 2.24) is 10.2 Å². The summed E-state index contributed by atoms with van der Waals surface area (Å²) < 4.78 is 0. The van der Waals surface area contributed by atoms with Crippen LogP contribution >= 0.6 is 0 Å². The third-order valence-corrected chi connectivity index (χ3v) is 4.36. The van der Waals surface area contributed by atoms with Crippen LogP contribution in [0.3, 0.4) is 0 Å². The average Bonchev–Trinajstić information content (AvgIpc) is 2.31. The Kier molecular flexibility index (Phi) is 7.38. The third-order valence-electron chi connectivity index (χ3n) is 4.36.